The molecule has 3 aliphatic rings. The molecule has 1 aromatic rings. The maximum absolute atomic E-state index is 12.8. The van der Waals surface area contributed by atoms with Crippen LogP contribution in [-0.2, 0) is 4.79 Å². The average Bonchev–Trinajstić information content (AvgIpc) is 3.42. The lowest BCUT2D eigenvalue weighted by atomic mass is 10.2. The Morgan fingerprint density at radius 2 is 1.61 bits per heavy atom. The first-order chi connectivity index (χ1) is 13.8. The number of piperazine rings is 1. The minimum Gasteiger partial charge on any atom is -0.369 e. The topological polar surface area (TPSA) is 30.0 Å². The van der Waals surface area contributed by atoms with Crippen LogP contribution in [0.3, 0.4) is 0 Å². The van der Waals surface area contributed by atoms with E-state index in [1.165, 1.54) is 44.5 Å². The summed E-state index contributed by atoms with van der Waals surface area (Å²) in [4.78, 5) is 22.5. The lowest BCUT2D eigenvalue weighted by molar-refractivity contribution is -0.132. The third-order valence-electron chi connectivity index (χ3n) is 6.72. The van der Waals surface area contributed by atoms with Crippen LogP contribution in [0.1, 0.15) is 38.5 Å². The largest absolute Gasteiger partial charge is 0.369 e. The summed E-state index contributed by atoms with van der Waals surface area (Å²) >= 11 is 0. The molecule has 0 bridgehead atoms. The highest BCUT2D eigenvalue weighted by atomic mass is 16.2. The van der Waals surface area contributed by atoms with E-state index in [9.17, 15) is 4.79 Å². The lowest BCUT2D eigenvalue weighted by Gasteiger charge is -2.36. The van der Waals surface area contributed by atoms with Gasteiger partial charge in [-0.25, -0.2) is 0 Å². The normalized spacial score (nSPS) is 24.2. The molecular formula is C23H36N4O. The van der Waals surface area contributed by atoms with E-state index in [0.717, 1.165) is 58.7 Å². The number of carbonyl (C=O) groups excluding carboxylic acids is 1. The van der Waals surface area contributed by atoms with Gasteiger partial charge in [0.25, 0.3) is 0 Å². The van der Waals surface area contributed by atoms with Gasteiger partial charge in [0, 0.05) is 57.4 Å². The Bertz CT molecular complexity index is 608. The molecule has 3 aliphatic heterocycles. The fourth-order valence-corrected chi connectivity index (χ4v) is 5.08. The SMILES string of the molecule is O=C(CCCN1CCN(c2ccccc2)CC1)N1CCCC1CN1CCCC1. The standard InChI is InChI=1S/C23H36N4O/c28-23(27-15-6-10-22(27)20-25-12-4-5-13-25)11-7-14-24-16-18-26(19-17-24)21-8-2-1-3-9-21/h1-3,8-9,22H,4-7,10-20H2. The first-order valence-corrected chi connectivity index (χ1v) is 11.3. The van der Waals surface area contributed by atoms with Crippen molar-refractivity contribution < 1.29 is 4.79 Å². The molecule has 3 saturated heterocycles. The van der Waals surface area contributed by atoms with Crippen molar-refractivity contribution in [2.45, 2.75) is 44.6 Å². The van der Waals surface area contributed by atoms with Crippen molar-refractivity contribution in [2.24, 2.45) is 0 Å². The Balaban J connectivity index is 1.15. The third kappa shape index (κ3) is 5.06. The minimum atomic E-state index is 0.393. The average molecular weight is 385 g/mol. The number of likely N-dealkylation sites (tertiary alicyclic amines) is 2. The minimum absolute atomic E-state index is 0.393. The number of nitrogens with zero attached hydrogens (tertiary/aromatic N) is 4. The third-order valence-corrected chi connectivity index (χ3v) is 6.72. The molecule has 0 radical (unpaired) electrons. The monoisotopic (exact) mass is 384 g/mol. The maximum atomic E-state index is 12.8. The van der Waals surface area contributed by atoms with E-state index >= 15 is 0 Å². The van der Waals surface area contributed by atoms with Crippen molar-refractivity contribution in [3.63, 3.8) is 0 Å². The molecule has 5 heteroatoms. The first-order valence-electron chi connectivity index (χ1n) is 11.3. The van der Waals surface area contributed by atoms with Gasteiger partial charge in [-0.2, -0.15) is 0 Å². The summed E-state index contributed by atoms with van der Waals surface area (Å²) in [6.07, 6.45) is 6.76. The Labute approximate surface area is 170 Å². The Kier molecular flexibility index (Phi) is 6.86. The van der Waals surface area contributed by atoms with E-state index < -0.39 is 0 Å². The van der Waals surface area contributed by atoms with Gasteiger partial charge in [-0.05, 0) is 63.9 Å². The second-order valence-electron chi connectivity index (χ2n) is 8.66. The van der Waals surface area contributed by atoms with Crippen molar-refractivity contribution in [1.82, 2.24) is 14.7 Å². The van der Waals surface area contributed by atoms with Gasteiger partial charge in [-0.15, -0.1) is 0 Å². The number of hydrogen-bond donors (Lipinski definition) is 0. The van der Waals surface area contributed by atoms with E-state index in [-0.39, 0.29) is 0 Å². The van der Waals surface area contributed by atoms with Crippen molar-refractivity contribution in [1.29, 1.82) is 0 Å². The van der Waals surface area contributed by atoms with Crippen LogP contribution in [0, 0.1) is 0 Å². The number of hydrogen-bond acceptors (Lipinski definition) is 4. The van der Waals surface area contributed by atoms with Crippen LogP contribution in [0.4, 0.5) is 5.69 Å². The second-order valence-corrected chi connectivity index (χ2v) is 8.66. The van der Waals surface area contributed by atoms with E-state index in [1.54, 1.807) is 0 Å². The molecule has 154 valence electrons. The van der Waals surface area contributed by atoms with Crippen LogP contribution in [-0.4, -0.2) is 85.6 Å². The van der Waals surface area contributed by atoms with Gasteiger partial charge in [0.05, 0.1) is 0 Å². The molecular weight excluding hydrogens is 348 g/mol. The highest BCUT2D eigenvalue weighted by Gasteiger charge is 2.30. The molecule has 0 aromatic heterocycles. The van der Waals surface area contributed by atoms with Gasteiger partial charge in [-0.3, -0.25) is 9.69 Å². The van der Waals surface area contributed by atoms with Crippen LogP contribution in [0.5, 0.6) is 0 Å². The number of para-hydroxylation sites is 1. The molecule has 0 aliphatic carbocycles. The number of anilines is 1. The summed E-state index contributed by atoms with van der Waals surface area (Å²) in [5, 5.41) is 0. The number of carbonyl (C=O) groups is 1. The van der Waals surface area contributed by atoms with Gasteiger partial charge < -0.3 is 14.7 Å². The van der Waals surface area contributed by atoms with Crippen molar-refractivity contribution in [2.75, 3.05) is 63.8 Å². The molecule has 0 N–H and O–H groups in total. The highest BCUT2D eigenvalue weighted by molar-refractivity contribution is 5.76. The second kappa shape index (κ2) is 9.75. The molecule has 28 heavy (non-hydrogen) atoms. The zero-order chi connectivity index (χ0) is 19.2. The lowest BCUT2D eigenvalue weighted by Crippen LogP contribution is -2.47. The van der Waals surface area contributed by atoms with Gasteiger partial charge >= 0.3 is 0 Å². The summed E-state index contributed by atoms with van der Waals surface area (Å²) in [5.74, 6) is 0.393. The summed E-state index contributed by atoms with van der Waals surface area (Å²) in [5.41, 5.74) is 1.33. The number of benzene rings is 1. The summed E-state index contributed by atoms with van der Waals surface area (Å²) in [7, 11) is 0. The summed E-state index contributed by atoms with van der Waals surface area (Å²) < 4.78 is 0. The Hall–Kier alpha value is -1.59. The molecule has 1 atom stereocenters. The maximum Gasteiger partial charge on any atom is 0.222 e. The van der Waals surface area contributed by atoms with Crippen LogP contribution in [0.2, 0.25) is 0 Å². The number of rotatable bonds is 7. The molecule has 1 amide bonds. The van der Waals surface area contributed by atoms with E-state index in [1.807, 2.05) is 0 Å². The molecule has 1 aromatic carbocycles. The van der Waals surface area contributed by atoms with E-state index in [2.05, 4.69) is 49.9 Å². The van der Waals surface area contributed by atoms with E-state index in [4.69, 9.17) is 0 Å². The zero-order valence-electron chi connectivity index (χ0n) is 17.3. The molecule has 1 unspecified atom stereocenters. The smallest absolute Gasteiger partial charge is 0.222 e. The Morgan fingerprint density at radius 3 is 2.36 bits per heavy atom. The van der Waals surface area contributed by atoms with Crippen molar-refractivity contribution in [3.05, 3.63) is 30.3 Å². The summed E-state index contributed by atoms with van der Waals surface area (Å²) in [6.45, 7) is 9.97. The zero-order valence-corrected chi connectivity index (χ0v) is 17.3. The molecule has 3 fully saturated rings. The van der Waals surface area contributed by atoms with Gasteiger partial charge in [-0.1, -0.05) is 18.2 Å². The fraction of sp³-hybridized carbons (Fsp3) is 0.696. The van der Waals surface area contributed by atoms with Crippen LogP contribution >= 0.6 is 0 Å². The predicted molar refractivity (Wildman–Crippen MR) is 115 cm³/mol. The molecule has 3 heterocycles. The first kappa shape index (κ1) is 19.7. The highest BCUT2D eigenvalue weighted by Crippen LogP contribution is 2.22. The molecule has 5 nitrogen and oxygen atoms in total. The van der Waals surface area contributed by atoms with Gasteiger partial charge in [0.15, 0.2) is 0 Å². The van der Waals surface area contributed by atoms with E-state index in [0.29, 0.717) is 11.9 Å². The molecule has 0 saturated carbocycles. The quantitative estimate of drug-likeness (QED) is 0.723. The van der Waals surface area contributed by atoms with Crippen LogP contribution < -0.4 is 4.90 Å². The fourth-order valence-electron chi connectivity index (χ4n) is 5.08. The molecule has 0 spiro atoms. The van der Waals surface area contributed by atoms with Crippen LogP contribution in [0.15, 0.2) is 30.3 Å². The molecule has 4 rings (SSSR count). The summed E-state index contributed by atoms with van der Waals surface area (Å²) in [6, 6.07) is 11.2. The predicted octanol–water partition coefficient (Wildman–Crippen LogP) is 2.68. The van der Waals surface area contributed by atoms with Crippen molar-refractivity contribution >= 4 is 11.6 Å². The van der Waals surface area contributed by atoms with Gasteiger partial charge in [0.2, 0.25) is 5.91 Å². The van der Waals surface area contributed by atoms with Crippen LogP contribution in [0.25, 0.3) is 0 Å². The number of amides is 1. The van der Waals surface area contributed by atoms with Gasteiger partial charge in [0.1, 0.15) is 0 Å². The Morgan fingerprint density at radius 1 is 0.857 bits per heavy atom. The van der Waals surface area contributed by atoms with Crippen molar-refractivity contribution in [3.8, 4) is 0 Å².